The summed E-state index contributed by atoms with van der Waals surface area (Å²) < 4.78 is 9.87. The molecule has 106 valence electrons. The Bertz CT molecular complexity index is 450. The van der Waals surface area contributed by atoms with Gasteiger partial charge in [-0.05, 0) is 27.7 Å². The molecule has 0 aromatic carbocycles. The molecule has 0 bridgehead atoms. The molecule has 0 atom stereocenters. The lowest BCUT2D eigenvalue weighted by Crippen LogP contribution is -2.32. The number of aromatic nitrogens is 3. The standard InChI is InChI=1S/C11H18N4O4/c1-5-18-9(16)8-7(13-15-14-8)6-12-10(17)19-11(2,3)4/h5-6H2,1-4H3,(H,12,17)(H,13,14,15). The maximum absolute atomic E-state index is 11.5. The molecule has 0 fully saturated rings. The summed E-state index contributed by atoms with van der Waals surface area (Å²) in [5.41, 5.74) is -0.236. The van der Waals surface area contributed by atoms with Gasteiger partial charge in [-0.3, -0.25) is 0 Å². The minimum atomic E-state index is -0.592. The van der Waals surface area contributed by atoms with Gasteiger partial charge in [-0.1, -0.05) is 0 Å². The van der Waals surface area contributed by atoms with Gasteiger partial charge >= 0.3 is 12.1 Å². The fraction of sp³-hybridized carbons (Fsp3) is 0.636. The third kappa shape index (κ3) is 4.94. The highest BCUT2D eigenvalue weighted by Gasteiger charge is 2.20. The van der Waals surface area contributed by atoms with Gasteiger partial charge < -0.3 is 14.8 Å². The summed E-state index contributed by atoms with van der Waals surface area (Å²) in [5, 5.41) is 12.3. The molecule has 0 aliphatic rings. The zero-order chi connectivity index (χ0) is 14.5. The molecular formula is C11H18N4O4. The van der Waals surface area contributed by atoms with Gasteiger partial charge in [0.1, 0.15) is 11.3 Å². The number of hydrogen-bond acceptors (Lipinski definition) is 6. The molecule has 2 N–H and O–H groups in total. The number of rotatable bonds is 4. The van der Waals surface area contributed by atoms with Crippen molar-refractivity contribution >= 4 is 12.1 Å². The van der Waals surface area contributed by atoms with Gasteiger partial charge in [0.05, 0.1) is 13.2 Å². The molecular weight excluding hydrogens is 252 g/mol. The van der Waals surface area contributed by atoms with Crippen molar-refractivity contribution in [3.05, 3.63) is 11.4 Å². The SMILES string of the molecule is CCOC(=O)c1n[nH]nc1CNC(=O)OC(C)(C)C. The van der Waals surface area contributed by atoms with Crippen molar-refractivity contribution in [3.8, 4) is 0 Å². The van der Waals surface area contributed by atoms with Crippen LogP contribution in [0.4, 0.5) is 4.79 Å². The van der Waals surface area contributed by atoms with Crippen LogP contribution >= 0.6 is 0 Å². The quantitative estimate of drug-likeness (QED) is 0.791. The fourth-order valence-corrected chi connectivity index (χ4v) is 1.21. The average molecular weight is 270 g/mol. The second kappa shape index (κ2) is 6.17. The maximum Gasteiger partial charge on any atom is 0.407 e. The van der Waals surface area contributed by atoms with Crippen molar-refractivity contribution in [2.75, 3.05) is 6.61 Å². The summed E-state index contributed by atoms with van der Waals surface area (Å²) in [7, 11) is 0. The normalized spacial score (nSPS) is 10.9. The topological polar surface area (TPSA) is 106 Å². The molecule has 0 unspecified atom stereocenters. The van der Waals surface area contributed by atoms with E-state index in [9.17, 15) is 9.59 Å². The van der Waals surface area contributed by atoms with Crippen molar-refractivity contribution < 1.29 is 19.1 Å². The third-order valence-electron chi connectivity index (χ3n) is 1.89. The molecule has 1 heterocycles. The van der Waals surface area contributed by atoms with Crippen molar-refractivity contribution in [1.29, 1.82) is 0 Å². The Morgan fingerprint density at radius 2 is 2.00 bits per heavy atom. The highest BCUT2D eigenvalue weighted by atomic mass is 16.6. The Kier molecular flexibility index (Phi) is 4.85. The van der Waals surface area contributed by atoms with Crippen LogP contribution in [0.5, 0.6) is 0 Å². The molecule has 1 rings (SSSR count). The van der Waals surface area contributed by atoms with Gasteiger partial charge in [-0.2, -0.15) is 10.3 Å². The molecule has 0 aliphatic carbocycles. The second-order valence-corrected chi connectivity index (χ2v) is 4.69. The highest BCUT2D eigenvalue weighted by molar-refractivity contribution is 5.88. The van der Waals surface area contributed by atoms with Gasteiger partial charge in [0.2, 0.25) is 0 Å². The minimum absolute atomic E-state index is 0.0273. The van der Waals surface area contributed by atoms with Crippen molar-refractivity contribution in [2.24, 2.45) is 0 Å². The van der Waals surface area contributed by atoms with Crippen LogP contribution in [-0.4, -0.2) is 39.7 Å². The molecule has 0 radical (unpaired) electrons. The first-order valence-electron chi connectivity index (χ1n) is 5.87. The summed E-state index contributed by atoms with van der Waals surface area (Å²) in [6, 6.07) is 0. The number of alkyl carbamates (subject to hydrolysis) is 1. The monoisotopic (exact) mass is 270 g/mol. The van der Waals surface area contributed by atoms with Crippen LogP contribution in [0.1, 0.15) is 43.9 Å². The van der Waals surface area contributed by atoms with Crippen LogP contribution in [0.2, 0.25) is 0 Å². The predicted molar refractivity (Wildman–Crippen MR) is 65.4 cm³/mol. The molecule has 19 heavy (non-hydrogen) atoms. The molecule has 1 amide bonds. The number of nitrogens with zero attached hydrogens (tertiary/aromatic N) is 2. The summed E-state index contributed by atoms with van der Waals surface area (Å²) in [6.45, 7) is 7.23. The summed E-state index contributed by atoms with van der Waals surface area (Å²) in [4.78, 5) is 23.0. The minimum Gasteiger partial charge on any atom is -0.461 e. The Labute approximate surface area is 110 Å². The summed E-state index contributed by atoms with van der Waals surface area (Å²) in [6.07, 6.45) is -0.592. The zero-order valence-corrected chi connectivity index (χ0v) is 11.4. The number of esters is 1. The van der Waals surface area contributed by atoms with Crippen molar-refractivity contribution in [3.63, 3.8) is 0 Å². The van der Waals surface area contributed by atoms with Crippen molar-refractivity contribution in [2.45, 2.75) is 39.8 Å². The molecule has 1 aromatic rings. The van der Waals surface area contributed by atoms with E-state index in [4.69, 9.17) is 9.47 Å². The number of nitrogens with one attached hydrogen (secondary N) is 2. The number of ether oxygens (including phenoxy) is 2. The van der Waals surface area contributed by atoms with Gasteiger partial charge in [-0.25, -0.2) is 9.59 Å². The molecule has 8 heteroatoms. The number of H-pyrrole nitrogens is 1. The van der Waals surface area contributed by atoms with E-state index in [1.807, 2.05) is 0 Å². The van der Waals surface area contributed by atoms with Crippen LogP contribution in [0.15, 0.2) is 0 Å². The number of amides is 1. The van der Waals surface area contributed by atoms with Gasteiger partial charge in [0.25, 0.3) is 0 Å². The first-order valence-corrected chi connectivity index (χ1v) is 5.87. The number of carbonyl (C=O) groups excluding carboxylic acids is 2. The van der Waals surface area contributed by atoms with Gasteiger partial charge in [-0.15, -0.1) is 5.10 Å². The number of aromatic amines is 1. The van der Waals surface area contributed by atoms with E-state index in [1.54, 1.807) is 27.7 Å². The Morgan fingerprint density at radius 3 is 2.58 bits per heavy atom. The number of hydrogen-bond donors (Lipinski definition) is 2. The maximum atomic E-state index is 11.5. The van der Waals surface area contributed by atoms with E-state index in [2.05, 4.69) is 20.7 Å². The van der Waals surface area contributed by atoms with Crippen LogP contribution < -0.4 is 5.32 Å². The van der Waals surface area contributed by atoms with E-state index >= 15 is 0 Å². The number of carbonyl (C=O) groups is 2. The van der Waals surface area contributed by atoms with Gasteiger partial charge in [0, 0.05) is 0 Å². The summed E-state index contributed by atoms with van der Waals surface area (Å²) >= 11 is 0. The summed E-state index contributed by atoms with van der Waals surface area (Å²) in [5.74, 6) is -0.586. The van der Waals surface area contributed by atoms with Crippen LogP contribution in [0.25, 0.3) is 0 Å². The lowest BCUT2D eigenvalue weighted by atomic mass is 10.2. The molecule has 0 spiro atoms. The largest absolute Gasteiger partial charge is 0.461 e. The highest BCUT2D eigenvalue weighted by Crippen LogP contribution is 2.07. The van der Waals surface area contributed by atoms with E-state index in [0.29, 0.717) is 5.69 Å². The smallest absolute Gasteiger partial charge is 0.407 e. The van der Waals surface area contributed by atoms with E-state index in [0.717, 1.165) is 0 Å². The third-order valence-corrected chi connectivity index (χ3v) is 1.89. The van der Waals surface area contributed by atoms with E-state index in [-0.39, 0.29) is 18.8 Å². The molecule has 1 aromatic heterocycles. The average Bonchev–Trinajstić information content (AvgIpc) is 2.72. The Balaban J connectivity index is 2.57. The first kappa shape index (κ1) is 14.9. The molecule has 8 nitrogen and oxygen atoms in total. The molecule has 0 saturated heterocycles. The van der Waals surface area contributed by atoms with E-state index in [1.165, 1.54) is 0 Å². The zero-order valence-electron chi connectivity index (χ0n) is 11.4. The van der Waals surface area contributed by atoms with Crippen LogP contribution in [0, 0.1) is 0 Å². The lowest BCUT2D eigenvalue weighted by Gasteiger charge is -2.19. The molecule has 0 aliphatic heterocycles. The van der Waals surface area contributed by atoms with Crippen molar-refractivity contribution in [1.82, 2.24) is 20.7 Å². The second-order valence-electron chi connectivity index (χ2n) is 4.69. The van der Waals surface area contributed by atoms with Gasteiger partial charge in [0.15, 0.2) is 5.69 Å². The van der Waals surface area contributed by atoms with Crippen LogP contribution in [0.3, 0.4) is 0 Å². The predicted octanol–water partition coefficient (Wildman–Crippen LogP) is 1.01. The van der Waals surface area contributed by atoms with E-state index < -0.39 is 17.7 Å². The Hall–Kier alpha value is -2.12. The van der Waals surface area contributed by atoms with Crippen LogP contribution in [-0.2, 0) is 16.0 Å². The lowest BCUT2D eigenvalue weighted by molar-refractivity contribution is 0.0498. The fourth-order valence-electron chi connectivity index (χ4n) is 1.21. The first-order chi connectivity index (χ1) is 8.83. The Morgan fingerprint density at radius 1 is 1.32 bits per heavy atom. The molecule has 0 saturated carbocycles.